The number of carbonyl (C=O) groups excluding carboxylic acids is 2. The third kappa shape index (κ3) is 4.57. The lowest BCUT2D eigenvalue weighted by molar-refractivity contribution is -0.139. The molecule has 30 heavy (non-hydrogen) atoms. The molecule has 1 N–H and O–H groups in total. The van der Waals surface area contributed by atoms with Crippen molar-refractivity contribution in [2.24, 2.45) is 0 Å². The van der Waals surface area contributed by atoms with Crippen LogP contribution in [0.4, 0.5) is 0 Å². The maximum atomic E-state index is 13.0. The number of aliphatic hydroxyl groups is 1. The lowest BCUT2D eigenvalue weighted by Crippen LogP contribution is -2.32. The quantitative estimate of drug-likeness (QED) is 0.376. The van der Waals surface area contributed by atoms with Crippen molar-refractivity contribution >= 4 is 33.4 Å². The van der Waals surface area contributed by atoms with E-state index in [1.54, 1.807) is 29.2 Å². The van der Waals surface area contributed by atoms with Crippen LogP contribution in [0, 0.1) is 0 Å². The Morgan fingerprint density at radius 3 is 2.50 bits per heavy atom. The number of halogens is 1. The molecular weight excluding hydrogens is 448 g/mol. The van der Waals surface area contributed by atoms with Gasteiger partial charge in [0.2, 0.25) is 0 Å². The van der Waals surface area contributed by atoms with Crippen LogP contribution in [0.2, 0.25) is 0 Å². The van der Waals surface area contributed by atoms with E-state index in [9.17, 15) is 14.7 Å². The summed E-state index contributed by atoms with van der Waals surface area (Å²) in [5.41, 5.74) is 1.30. The van der Waals surface area contributed by atoms with Crippen LogP contribution < -0.4 is 4.74 Å². The fraction of sp³-hybridized carbons (Fsp3) is 0.304. The van der Waals surface area contributed by atoms with Crippen LogP contribution in [0.25, 0.3) is 5.76 Å². The van der Waals surface area contributed by atoms with Crippen molar-refractivity contribution in [1.29, 1.82) is 0 Å². The summed E-state index contributed by atoms with van der Waals surface area (Å²) in [4.78, 5) is 29.4. The standard InChI is InChI=1S/C23H25BrN2O4/c1-25(2)12-5-13-26-20(15-8-10-17(24)11-9-15)19(22(28)23(26)29)21(27)16-6-4-7-18(14-16)30-3/h4,6-11,14,20,27H,5,12-13H2,1-3H3/b21-19+. The Kier molecular flexibility index (Phi) is 6.95. The van der Waals surface area contributed by atoms with Crippen LogP contribution in [0.5, 0.6) is 5.75 Å². The van der Waals surface area contributed by atoms with E-state index in [1.165, 1.54) is 7.11 Å². The predicted octanol–water partition coefficient (Wildman–Crippen LogP) is 3.83. The maximum Gasteiger partial charge on any atom is 0.295 e. The molecule has 0 aliphatic carbocycles. The van der Waals surface area contributed by atoms with Gasteiger partial charge in [0.15, 0.2) is 0 Å². The van der Waals surface area contributed by atoms with E-state index in [0.717, 1.165) is 16.6 Å². The first-order valence-corrected chi connectivity index (χ1v) is 10.5. The van der Waals surface area contributed by atoms with Gasteiger partial charge in [-0.25, -0.2) is 0 Å². The molecule has 1 fully saturated rings. The number of hydrogen-bond acceptors (Lipinski definition) is 5. The molecule has 1 aliphatic heterocycles. The topological polar surface area (TPSA) is 70.1 Å². The fourth-order valence-electron chi connectivity index (χ4n) is 3.59. The Bertz CT molecular complexity index is 969. The Morgan fingerprint density at radius 1 is 1.17 bits per heavy atom. The van der Waals surface area contributed by atoms with Gasteiger partial charge >= 0.3 is 0 Å². The van der Waals surface area contributed by atoms with Crippen LogP contribution in [-0.4, -0.2) is 60.9 Å². The number of ketones is 1. The van der Waals surface area contributed by atoms with Crippen molar-refractivity contribution in [3.05, 3.63) is 69.7 Å². The predicted molar refractivity (Wildman–Crippen MR) is 119 cm³/mol. The SMILES string of the molecule is COc1cccc(/C(O)=C2\C(=O)C(=O)N(CCCN(C)C)C2c2ccc(Br)cc2)c1. The summed E-state index contributed by atoms with van der Waals surface area (Å²) in [6, 6.07) is 13.6. The van der Waals surface area contributed by atoms with Crippen molar-refractivity contribution in [2.45, 2.75) is 12.5 Å². The van der Waals surface area contributed by atoms with E-state index in [2.05, 4.69) is 15.9 Å². The number of likely N-dealkylation sites (tertiary alicyclic amines) is 1. The van der Waals surface area contributed by atoms with Crippen LogP contribution >= 0.6 is 15.9 Å². The van der Waals surface area contributed by atoms with Gasteiger partial charge in [0, 0.05) is 16.6 Å². The van der Waals surface area contributed by atoms with Crippen molar-refractivity contribution in [3.63, 3.8) is 0 Å². The molecule has 158 valence electrons. The number of hydrogen-bond donors (Lipinski definition) is 1. The summed E-state index contributed by atoms with van der Waals surface area (Å²) >= 11 is 3.42. The molecule has 7 heteroatoms. The first-order chi connectivity index (χ1) is 14.3. The summed E-state index contributed by atoms with van der Waals surface area (Å²) < 4.78 is 6.12. The second kappa shape index (κ2) is 9.45. The van der Waals surface area contributed by atoms with Crippen molar-refractivity contribution in [2.75, 3.05) is 34.3 Å². The Balaban J connectivity index is 2.09. The van der Waals surface area contributed by atoms with Gasteiger partial charge in [-0.15, -0.1) is 0 Å². The molecule has 1 saturated heterocycles. The first kappa shape index (κ1) is 22.1. The van der Waals surface area contributed by atoms with Crippen molar-refractivity contribution < 1.29 is 19.4 Å². The third-order valence-corrected chi connectivity index (χ3v) is 5.60. The van der Waals surface area contributed by atoms with Crippen LogP contribution in [-0.2, 0) is 9.59 Å². The van der Waals surface area contributed by atoms with Crippen LogP contribution in [0.15, 0.2) is 58.6 Å². The van der Waals surface area contributed by atoms with Crippen molar-refractivity contribution in [3.8, 4) is 5.75 Å². The highest BCUT2D eigenvalue weighted by Crippen LogP contribution is 2.40. The second-order valence-corrected chi connectivity index (χ2v) is 8.35. The molecule has 1 aliphatic rings. The normalized spacial score (nSPS) is 18.3. The molecule has 0 bridgehead atoms. The summed E-state index contributed by atoms with van der Waals surface area (Å²) in [6.45, 7) is 1.20. The van der Waals surface area contributed by atoms with E-state index >= 15 is 0 Å². The summed E-state index contributed by atoms with van der Waals surface area (Å²) in [6.07, 6.45) is 0.715. The van der Waals surface area contributed by atoms with Gasteiger partial charge in [0.1, 0.15) is 11.5 Å². The van der Waals surface area contributed by atoms with Gasteiger partial charge in [0.05, 0.1) is 18.7 Å². The molecule has 1 unspecified atom stereocenters. The fourth-order valence-corrected chi connectivity index (χ4v) is 3.85. The smallest absolute Gasteiger partial charge is 0.295 e. The molecule has 1 atom stereocenters. The molecule has 3 rings (SSSR count). The number of carbonyl (C=O) groups is 2. The van der Waals surface area contributed by atoms with Gasteiger partial charge in [-0.1, -0.05) is 40.2 Å². The Morgan fingerprint density at radius 2 is 1.87 bits per heavy atom. The van der Waals surface area contributed by atoms with E-state index in [0.29, 0.717) is 24.3 Å². The third-order valence-electron chi connectivity index (χ3n) is 5.07. The molecule has 0 aromatic heterocycles. The molecule has 2 aromatic carbocycles. The minimum Gasteiger partial charge on any atom is -0.507 e. The summed E-state index contributed by atoms with van der Waals surface area (Å²) in [5.74, 6) is -0.908. The van der Waals surface area contributed by atoms with Gasteiger partial charge in [-0.05, 0) is 56.9 Å². The highest BCUT2D eigenvalue weighted by Gasteiger charge is 2.45. The lowest BCUT2D eigenvalue weighted by atomic mass is 9.95. The second-order valence-electron chi connectivity index (χ2n) is 7.43. The number of ether oxygens (including phenoxy) is 1. The van der Waals surface area contributed by atoms with Crippen LogP contribution in [0.1, 0.15) is 23.6 Å². The summed E-state index contributed by atoms with van der Waals surface area (Å²) in [7, 11) is 5.46. The molecule has 6 nitrogen and oxygen atoms in total. The lowest BCUT2D eigenvalue weighted by Gasteiger charge is -2.26. The number of Topliss-reactive ketones (excluding diaryl/α,β-unsaturated/α-hetero) is 1. The number of nitrogens with zero attached hydrogens (tertiary/aromatic N) is 2. The molecule has 0 spiro atoms. The molecule has 0 radical (unpaired) electrons. The van der Waals surface area contributed by atoms with Crippen LogP contribution in [0.3, 0.4) is 0 Å². The van der Waals surface area contributed by atoms with Gasteiger partial charge < -0.3 is 19.6 Å². The zero-order valence-corrected chi connectivity index (χ0v) is 18.8. The molecular formula is C23H25BrN2O4. The molecule has 2 aromatic rings. The largest absolute Gasteiger partial charge is 0.507 e. The number of benzene rings is 2. The highest BCUT2D eigenvalue weighted by atomic mass is 79.9. The van der Waals surface area contributed by atoms with E-state index in [-0.39, 0.29) is 11.3 Å². The zero-order chi connectivity index (χ0) is 21.8. The maximum absolute atomic E-state index is 13.0. The average molecular weight is 473 g/mol. The highest BCUT2D eigenvalue weighted by molar-refractivity contribution is 9.10. The zero-order valence-electron chi connectivity index (χ0n) is 17.3. The Hall–Kier alpha value is -2.64. The monoisotopic (exact) mass is 472 g/mol. The number of aliphatic hydroxyl groups excluding tert-OH is 1. The van der Waals surface area contributed by atoms with E-state index in [1.807, 2.05) is 43.3 Å². The van der Waals surface area contributed by atoms with Gasteiger partial charge in [0.25, 0.3) is 11.7 Å². The summed E-state index contributed by atoms with van der Waals surface area (Å²) in [5, 5.41) is 11.1. The molecule has 1 amide bonds. The first-order valence-electron chi connectivity index (χ1n) is 9.66. The number of amides is 1. The average Bonchev–Trinajstić information content (AvgIpc) is 2.98. The number of methoxy groups -OCH3 is 1. The minimum atomic E-state index is -0.673. The number of rotatable bonds is 7. The Labute approximate surface area is 184 Å². The minimum absolute atomic E-state index is 0.0976. The van der Waals surface area contributed by atoms with Crippen molar-refractivity contribution in [1.82, 2.24) is 9.80 Å². The molecule has 1 heterocycles. The van der Waals surface area contributed by atoms with E-state index in [4.69, 9.17) is 4.74 Å². The molecule has 0 saturated carbocycles. The van der Waals surface area contributed by atoms with Gasteiger partial charge in [-0.2, -0.15) is 0 Å². The van der Waals surface area contributed by atoms with E-state index < -0.39 is 17.7 Å². The van der Waals surface area contributed by atoms with Gasteiger partial charge in [-0.3, -0.25) is 9.59 Å².